The van der Waals surface area contributed by atoms with Crippen molar-refractivity contribution in [2.24, 2.45) is 10.9 Å². The van der Waals surface area contributed by atoms with Crippen LogP contribution in [0.2, 0.25) is 0 Å². The van der Waals surface area contributed by atoms with Crippen molar-refractivity contribution in [1.29, 1.82) is 0 Å². The Bertz CT molecular complexity index is 606. The van der Waals surface area contributed by atoms with E-state index in [1.54, 1.807) is 42.9 Å². The molecule has 1 aromatic carbocycles. The van der Waals surface area contributed by atoms with Crippen LogP contribution in [-0.4, -0.2) is 23.6 Å². The van der Waals surface area contributed by atoms with Crippen molar-refractivity contribution in [2.45, 2.75) is 6.54 Å². The molecule has 0 fully saturated rings. The first kappa shape index (κ1) is 14.4. The first-order valence-corrected chi connectivity index (χ1v) is 6.17. The zero-order chi connectivity index (χ0) is 15.1. The van der Waals surface area contributed by atoms with Crippen molar-refractivity contribution >= 4 is 11.7 Å². The van der Waals surface area contributed by atoms with E-state index in [0.29, 0.717) is 17.9 Å². The van der Waals surface area contributed by atoms with Crippen LogP contribution in [0.25, 0.3) is 0 Å². The van der Waals surface area contributed by atoms with E-state index in [-0.39, 0.29) is 18.3 Å². The van der Waals surface area contributed by atoms with E-state index in [9.17, 15) is 4.79 Å². The summed E-state index contributed by atoms with van der Waals surface area (Å²) in [6.07, 6.45) is 3.11. The number of oxime groups is 1. The van der Waals surface area contributed by atoms with Gasteiger partial charge in [0.15, 0.2) is 12.4 Å². The summed E-state index contributed by atoms with van der Waals surface area (Å²) in [6, 6.07) is 8.31. The van der Waals surface area contributed by atoms with Crippen molar-refractivity contribution in [3.63, 3.8) is 0 Å². The number of amidine groups is 1. The smallest absolute Gasteiger partial charge is 0.258 e. The molecule has 2 rings (SSSR count). The molecule has 0 saturated heterocycles. The van der Waals surface area contributed by atoms with Gasteiger partial charge >= 0.3 is 0 Å². The minimum Gasteiger partial charge on any atom is -0.484 e. The van der Waals surface area contributed by atoms with E-state index in [2.05, 4.69) is 10.5 Å². The van der Waals surface area contributed by atoms with Gasteiger partial charge in [-0.2, -0.15) is 0 Å². The van der Waals surface area contributed by atoms with Gasteiger partial charge in [0, 0.05) is 17.7 Å². The van der Waals surface area contributed by atoms with Crippen LogP contribution in [-0.2, 0) is 11.3 Å². The monoisotopic (exact) mass is 289 g/mol. The van der Waals surface area contributed by atoms with Crippen LogP contribution in [0.4, 0.5) is 0 Å². The van der Waals surface area contributed by atoms with E-state index in [1.807, 2.05) is 0 Å². The van der Waals surface area contributed by atoms with E-state index in [1.165, 1.54) is 0 Å². The van der Waals surface area contributed by atoms with Gasteiger partial charge in [-0.15, -0.1) is 0 Å². The fourth-order valence-corrected chi connectivity index (χ4v) is 1.57. The number of hydrogen-bond donors (Lipinski definition) is 3. The van der Waals surface area contributed by atoms with Crippen LogP contribution in [0, 0.1) is 0 Å². The zero-order valence-electron chi connectivity index (χ0n) is 11.2. The molecule has 0 aliphatic rings. The predicted octanol–water partition coefficient (Wildman–Crippen LogP) is 1.07. The number of carbonyl (C=O) groups is 1. The minimum atomic E-state index is -0.239. The molecule has 0 radical (unpaired) electrons. The van der Waals surface area contributed by atoms with Crippen LogP contribution >= 0.6 is 0 Å². The Morgan fingerprint density at radius 3 is 2.71 bits per heavy atom. The lowest BCUT2D eigenvalue weighted by molar-refractivity contribution is -0.123. The molecule has 21 heavy (non-hydrogen) atoms. The fraction of sp³-hybridized carbons (Fsp3) is 0.143. The van der Waals surface area contributed by atoms with Gasteiger partial charge < -0.3 is 25.4 Å². The third-order valence-electron chi connectivity index (χ3n) is 2.70. The van der Waals surface area contributed by atoms with Crippen molar-refractivity contribution in [2.75, 3.05) is 6.61 Å². The Labute approximate surface area is 121 Å². The van der Waals surface area contributed by atoms with Crippen LogP contribution in [0.3, 0.4) is 0 Å². The Balaban J connectivity index is 1.78. The molecule has 1 amide bonds. The Morgan fingerprint density at radius 1 is 1.33 bits per heavy atom. The predicted molar refractivity (Wildman–Crippen MR) is 75.0 cm³/mol. The Morgan fingerprint density at radius 2 is 2.10 bits per heavy atom. The quantitative estimate of drug-likeness (QED) is 0.319. The second-order valence-electron chi connectivity index (χ2n) is 4.21. The Hall–Kier alpha value is -2.96. The van der Waals surface area contributed by atoms with Gasteiger partial charge in [-0.3, -0.25) is 4.79 Å². The highest BCUT2D eigenvalue weighted by Crippen LogP contribution is 2.11. The molecular formula is C14H15N3O4. The molecule has 110 valence electrons. The standard InChI is InChI=1S/C14H15N3O4/c15-14(17-19)11-1-3-12(4-2-11)21-9-13(18)16-7-10-5-6-20-8-10/h1-6,8,19H,7,9H2,(H2,15,17)(H,16,18). The molecule has 7 heteroatoms. The summed E-state index contributed by atoms with van der Waals surface area (Å²) in [7, 11) is 0. The molecule has 0 aliphatic heterocycles. The van der Waals surface area contributed by atoms with Crippen LogP contribution in [0.15, 0.2) is 52.4 Å². The molecule has 2 aromatic rings. The van der Waals surface area contributed by atoms with Gasteiger partial charge in [-0.05, 0) is 30.3 Å². The first-order chi connectivity index (χ1) is 10.2. The third-order valence-corrected chi connectivity index (χ3v) is 2.70. The van der Waals surface area contributed by atoms with Gasteiger partial charge in [0.05, 0.1) is 12.5 Å². The molecule has 1 heterocycles. The summed E-state index contributed by atoms with van der Waals surface area (Å²) in [4.78, 5) is 11.6. The second-order valence-corrected chi connectivity index (χ2v) is 4.21. The normalized spacial score (nSPS) is 11.1. The average molecular weight is 289 g/mol. The molecule has 4 N–H and O–H groups in total. The molecule has 0 atom stereocenters. The van der Waals surface area contributed by atoms with Crippen molar-refractivity contribution in [1.82, 2.24) is 5.32 Å². The van der Waals surface area contributed by atoms with Gasteiger partial charge in [0.1, 0.15) is 5.75 Å². The molecule has 1 aromatic heterocycles. The number of furan rings is 1. The van der Waals surface area contributed by atoms with Crippen LogP contribution in [0.5, 0.6) is 5.75 Å². The highest BCUT2D eigenvalue weighted by Gasteiger charge is 2.04. The van der Waals surface area contributed by atoms with E-state index >= 15 is 0 Å². The lowest BCUT2D eigenvalue weighted by Crippen LogP contribution is -2.28. The second kappa shape index (κ2) is 6.99. The summed E-state index contributed by atoms with van der Waals surface area (Å²) in [5.74, 6) is 0.291. The number of benzene rings is 1. The molecule has 0 unspecified atom stereocenters. The number of nitrogens with two attached hydrogens (primary N) is 1. The Kier molecular flexibility index (Phi) is 4.81. The zero-order valence-corrected chi connectivity index (χ0v) is 11.2. The molecular weight excluding hydrogens is 274 g/mol. The fourth-order valence-electron chi connectivity index (χ4n) is 1.57. The number of rotatable bonds is 6. The largest absolute Gasteiger partial charge is 0.484 e. The molecule has 0 spiro atoms. The number of amides is 1. The highest BCUT2D eigenvalue weighted by molar-refractivity contribution is 5.97. The number of nitrogens with zero attached hydrogens (tertiary/aromatic N) is 1. The maximum Gasteiger partial charge on any atom is 0.258 e. The minimum absolute atomic E-state index is 0.0133. The van der Waals surface area contributed by atoms with Gasteiger partial charge in [0.2, 0.25) is 0 Å². The SMILES string of the molecule is N/C(=N/O)c1ccc(OCC(=O)NCc2ccoc2)cc1. The summed E-state index contributed by atoms with van der Waals surface area (Å²) in [6.45, 7) is 0.294. The van der Waals surface area contributed by atoms with E-state index < -0.39 is 0 Å². The summed E-state index contributed by atoms with van der Waals surface area (Å²) in [5, 5.41) is 14.1. The molecule has 0 saturated carbocycles. The van der Waals surface area contributed by atoms with Crippen LogP contribution in [0.1, 0.15) is 11.1 Å². The number of nitrogens with one attached hydrogen (secondary N) is 1. The van der Waals surface area contributed by atoms with Gasteiger partial charge in [-0.25, -0.2) is 0 Å². The molecule has 7 nitrogen and oxygen atoms in total. The maximum absolute atomic E-state index is 11.6. The topological polar surface area (TPSA) is 110 Å². The number of ether oxygens (including phenoxy) is 1. The van der Waals surface area contributed by atoms with Crippen molar-refractivity contribution < 1.29 is 19.2 Å². The maximum atomic E-state index is 11.6. The van der Waals surface area contributed by atoms with Crippen molar-refractivity contribution in [3.05, 3.63) is 54.0 Å². The van der Waals surface area contributed by atoms with E-state index in [4.69, 9.17) is 20.1 Å². The summed E-state index contributed by atoms with van der Waals surface area (Å²) in [5.41, 5.74) is 6.88. The van der Waals surface area contributed by atoms with Crippen molar-refractivity contribution in [3.8, 4) is 5.75 Å². The first-order valence-electron chi connectivity index (χ1n) is 6.17. The van der Waals surface area contributed by atoms with Gasteiger partial charge in [0.25, 0.3) is 5.91 Å². The average Bonchev–Trinajstić information content (AvgIpc) is 3.04. The van der Waals surface area contributed by atoms with E-state index in [0.717, 1.165) is 5.56 Å². The summed E-state index contributed by atoms with van der Waals surface area (Å²) < 4.78 is 10.2. The number of carbonyl (C=O) groups excluding carboxylic acids is 1. The number of hydrogen-bond acceptors (Lipinski definition) is 5. The van der Waals surface area contributed by atoms with Crippen LogP contribution < -0.4 is 15.8 Å². The van der Waals surface area contributed by atoms with Gasteiger partial charge in [-0.1, -0.05) is 5.16 Å². The third kappa shape index (κ3) is 4.27. The molecule has 0 bridgehead atoms. The lowest BCUT2D eigenvalue weighted by Gasteiger charge is -2.07. The lowest BCUT2D eigenvalue weighted by atomic mass is 10.2. The summed E-state index contributed by atoms with van der Waals surface area (Å²) >= 11 is 0. The highest BCUT2D eigenvalue weighted by atomic mass is 16.5. The molecule has 0 aliphatic carbocycles.